The van der Waals surface area contributed by atoms with Gasteiger partial charge < -0.3 is 19.7 Å². The molecule has 0 radical (unpaired) electrons. The summed E-state index contributed by atoms with van der Waals surface area (Å²) in [4.78, 5) is 12.7. The molecule has 5 aromatic rings. The lowest BCUT2D eigenvalue weighted by Gasteiger charge is -2.14. The van der Waals surface area contributed by atoms with Gasteiger partial charge in [-0.25, -0.2) is 4.79 Å². The first kappa shape index (κ1) is 23.1. The molecule has 3 aromatic carbocycles. The minimum absolute atomic E-state index is 0.315. The molecule has 176 valence electrons. The number of hydrogen-bond donors (Lipinski definition) is 2. The fourth-order valence-corrected chi connectivity index (χ4v) is 5.79. The Morgan fingerprint density at radius 1 is 0.886 bits per heavy atom. The highest BCUT2D eigenvalue weighted by atomic mass is 32.1. The van der Waals surface area contributed by atoms with E-state index >= 15 is 0 Å². The summed E-state index contributed by atoms with van der Waals surface area (Å²) in [6, 6.07) is 30.5. The van der Waals surface area contributed by atoms with Gasteiger partial charge in [0.05, 0.1) is 15.9 Å². The molecule has 35 heavy (non-hydrogen) atoms. The molecule has 6 heteroatoms. The number of hydrogen-bond acceptors (Lipinski definition) is 4. The van der Waals surface area contributed by atoms with E-state index in [1.165, 1.54) is 11.3 Å². The second kappa shape index (κ2) is 10.3. The molecule has 0 saturated carbocycles. The van der Waals surface area contributed by atoms with Crippen LogP contribution in [0, 0.1) is 0 Å². The Balaban J connectivity index is 1.73. The molecule has 2 aromatic heterocycles. The minimum atomic E-state index is -0.910. The largest absolute Gasteiger partial charge is 0.477 e. The van der Waals surface area contributed by atoms with Crippen molar-refractivity contribution in [2.75, 3.05) is 7.11 Å². The molecule has 0 aliphatic heterocycles. The van der Waals surface area contributed by atoms with Crippen LogP contribution in [-0.4, -0.2) is 22.8 Å². The van der Waals surface area contributed by atoms with E-state index in [0.717, 1.165) is 43.7 Å². The van der Waals surface area contributed by atoms with Gasteiger partial charge in [-0.3, -0.25) is 0 Å². The number of nitrogens with one attached hydrogen (secondary N) is 1. The summed E-state index contributed by atoms with van der Waals surface area (Å²) in [5, 5.41) is 13.6. The van der Waals surface area contributed by atoms with E-state index in [1.54, 1.807) is 7.11 Å². The maximum Gasteiger partial charge on any atom is 0.346 e. The Bertz CT molecular complexity index is 1440. The van der Waals surface area contributed by atoms with Crippen molar-refractivity contribution < 1.29 is 14.6 Å². The number of carboxylic acid groups (broad SMARTS) is 1. The average molecular weight is 483 g/mol. The van der Waals surface area contributed by atoms with Gasteiger partial charge in [-0.05, 0) is 16.7 Å². The third-order valence-corrected chi connectivity index (χ3v) is 7.25. The van der Waals surface area contributed by atoms with Crippen LogP contribution in [0.25, 0.3) is 32.6 Å². The predicted octanol–water partition coefficient (Wildman–Crippen LogP) is 6.63. The topological polar surface area (TPSA) is 63.5 Å². The first-order chi connectivity index (χ1) is 17.2. The van der Waals surface area contributed by atoms with E-state index in [4.69, 9.17) is 4.74 Å². The molecule has 0 aliphatic carbocycles. The predicted molar refractivity (Wildman–Crippen MR) is 142 cm³/mol. The highest BCUT2D eigenvalue weighted by molar-refractivity contribution is 7.21. The average Bonchev–Trinajstić information content (AvgIpc) is 3.41. The lowest BCUT2D eigenvalue weighted by Crippen LogP contribution is -2.15. The highest BCUT2D eigenvalue weighted by Gasteiger charge is 2.28. The third kappa shape index (κ3) is 4.51. The number of nitrogens with zero attached hydrogens (tertiary/aromatic N) is 1. The summed E-state index contributed by atoms with van der Waals surface area (Å²) in [5.74, 6) is -0.910. The third-order valence-electron chi connectivity index (χ3n) is 6.02. The van der Waals surface area contributed by atoms with Crippen LogP contribution in [0.5, 0.6) is 0 Å². The quantitative estimate of drug-likeness (QED) is 0.248. The van der Waals surface area contributed by atoms with E-state index < -0.39 is 5.97 Å². The maximum absolute atomic E-state index is 12.3. The zero-order valence-corrected chi connectivity index (χ0v) is 20.2. The number of benzene rings is 3. The van der Waals surface area contributed by atoms with Crippen LogP contribution in [0.15, 0.2) is 91.0 Å². The standard InChI is InChI=1S/C29H26N2O3S/c1-34-19-31-25(22-15-9-4-10-16-22)24(21-13-7-3-8-14-21)28-26(31)23(27(35-28)29(32)33)18-30-17-20-11-5-2-6-12-20/h2-16,30H,17-19H2,1H3,(H,32,33). The SMILES string of the molecule is COCn1c(-c2ccccc2)c(-c2ccccc2)c2sc(C(=O)O)c(CNCc3ccccc3)c21. The Morgan fingerprint density at radius 2 is 1.49 bits per heavy atom. The molecule has 0 amide bonds. The molecule has 5 rings (SSSR count). The van der Waals surface area contributed by atoms with Crippen LogP contribution in [0.2, 0.25) is 0 Å². The minimum Gasteiger partial charge on any atom is -0.477 e. The van der Waals surface area contributed by atoms with Crippen molar-refractivity contribution in [1.29, 1.82) is 0 Å². The monoisotopic (exact) mass is 482 g/mol. The first-order valence-electron chi connectivity index (χ1n) is 11.4. The maximum atomic E-state index is 12.3. The van der Waals surface area contributed by atoms with Gasteiger partial charge in [0, 0.05) is 31.3 Å². The molecule has 0 unspecified atom stereocenters. The molecule has 2 heterocycles. The number of fused-ring (bicyclic) bond motifs is 1. The first-order valence-corrected chi connectivity index (χ1v) is 12.3. The Kier molecular flexibility index (Phi) is 6.77. The van der Waals surface area contributed by atoms with Gasteiger partial charge in [0.1, 0.15) is 11.6 Å². The summed E-state index contributed by atoms with van der Waals surface area (Å²) < 4.78 is 8.73. The van der Waals surface area contributed by atoms with Crippen molar-refractivity contribution in [2.24, 2.45) is 0 Å². The zero-order valence-electron chi connectivity index (χ0n) is 19.4. The number of aromatic carboxylic acids is 1. The molecule has 2 N–H and O–H groups in total. The summed E-state index contributed by atoms with van der Waals surface area (Å²) in [7, 11) is 1.67. The molecule has 0 saturated heterocycles. The highest BCUT2D eigenvalue weighted by Crippen LogP contribution is 2.46. The summed E-state index contributed by atoms with van der Waals surface area (Å²) in [6.45, 7) is 1.40. The molecule has 0 atom stereocenters. The van der Waals surface area contributed by atoms with Crippen molar-refractivity contribution in [3.8, 4) is 22.4 Å². The molecule has 0 bridgehead atoms. The Labute approximate surface area is 208 Å². The van der Waals surface area contributed by atoms with Crippen molar-refractivity contribution in [2.45, 2.75) is 19.8 Å². The summed E-state index contributed by atoms with van der Waals surface area (Å²) >= 11 is 1.34. The van der Waals surface area contributed by atoms with E-state index in [0.29, 0.717) is 24.7 Å². The van der Waals surface area contributed by atoms with Crippen LogP contribution in [0.3, 0.4) is 0 Å². The van der Waals surface area contributed by atoms with Crippen molar-refractivity contribution in [3.63, 3.8) is 0 Å². The number of carboxylic acids is 1. The lowest BCUT2D eigenvalue weighted by atomic mass is 10.0. The van der Waals surface area contributed by atoms with Crippen molar-refractivity contribution in [1.82, 2.24) is 9.88 Å². The smallest absolute Gasteiger partial charge is 0.346 e. The van der Waals surface area contributed by atoms with Gasteiger partial charge in [0.2, 0.25) is 0 Å². The molecular formula is C29H26N2O3S. The second-order valence-electron chi connectivity index (χ2n) is 8.28. The van der Waals surface area contributed by atoms with E-state index in [2.05, 4.69) is 46.3 Å². The summed E-state index contributed by atoms with van der Waals surface area (Å²) in [6.07, 6.45) is 0. The van der Waals surface area contributed by atoms with Crippen LogP contribution >= 0.6 is 11.3 Å². The van der Waals surface area contributed by atoms with Crippen LogP contribution in [0.1, 0.15) is 20.8 Å². The van der Waals surface area contributed by atoms with Crippen LogP contribution in [-0.2, 0) is 24.6 Å². The number of methoxy groups -OCH3 is 1. The number of carbonyl (C=O) groups is 1. The van der Waals surface area contributed by atoms with E-state index in [-0.39, 0.29) is 0 Å². The summed E-state index contributed by atoms with van der Waals surface area (Å²) in [5.41, 5.74) is 7.02. The van der Waals surface area contributed by atoms with Crippen LogP contribution < -0.4 is 5.32 Å². The van der Waals surface area contributed by atoms with E-state index in [1.807, 2.05) is 54.6 Å². The fourth-order valence-electron chi connectivity index (χ4n) is 4.56. The molecular weight excluding hydrogens is 456 g/mol. The van der Waals surface area contributed by atoms with Gasteiger partial charge in [-0.15, -0.1) is 11.3 Å². The Morgan fingerprint density at radius 3 is 2.09 bits per heavy atom. The number of ether oxygens (including phenoxy) is 1. The van der Waals surface area contributed by atoms with Crippen molar-refractivity contribution >= 4 is 27.5 Å². The van der Waals surface area contributed by atoms with Gasteiger partial charge >= 0.3 is 5.97 Å². The van der Waals surface area contributed by atoms with Gasteiger partial charge in [0.15, 0.2) is 0 Å². The number of thiophene rings is 1. The zero-order chi connectivity index (χ0) is 24.2. The molecule has 0 fully saturated rings. The van der Waals surface area contributed by atoms with Gasteiger partial charge in [-0.2, -0.15) is 0 Å². The fraction of sp³-hybridized carbons (Fsp3) is 0.138. The van der Waals surface area contributed by atoms with Gasteiger partial charge in [0.25, 0.3) is 0 Å². The van der Waals surface area contributed by atoms with E-state index in [9.17, 15) is 9.90 Å². The molecule has 0 spiro atoms. The molecule has 0 aliphatic rings. The number of rotatable bonds is 9. The normalized spacial score (nSPS) is 11.2. The van der Waals surface area contributed by atoms with Crippen molar-refractivity contribution in [3.05, 3.63) is 107 Å². The lowest BCUT2D eigenvalue weighted by molar-refractivity contribution is 0.0701. The molecule has 5 nitrogen and oxygen atoms in total. The number of aromatic nitrogens is 1. The second-order valence-corrected chi connectivity index (χ2v) is 9.30. The van der Waals surface area contributed by atoms with Gasteiger partial charge in [-0.1, -0.05) is 91.0 Å². The van der Waals surface area contributed by atoms with Crippen LogP contribution in [0.4, 0.5) is 0 Å². The Hall–Kier alpha value is -3.71.